The molecular weight excluding hydrogens is 184 g/mol. The number of unbranched alkanes of at least 4 members (excludes halogenated alkanes) is 1. The summed E-state index contributed by atoms with van der Waals surface area (Å²) >= 11 is 0. The van der Waals surface area contributed by atoms with E-state index >= 15 is 0 Å². The number of hydrogen-bond acceptors (Lipinski definition) is 1. The lowest BCUT2D eigenvalue weighted by Gasteiger charge is -2.17. The van der Waals surface area contributed by atoms with Crippen molar-refractivity contribution in [3.05, 3.63) is 0 Å². The summed E-state index contributed by atoms with van der Waals surface area (Å²) in [5, 5.41) is 0. The quantitative estimate of drug-likeness (QED) is 0.534. The summed E-state index contributed by atoms with van der Waals surface area (Å²) in [6, 6.07) is 0. The van der Waals surface area contributed by atoms with E-state index in [0.717, 1.165) is 19.1 Å². The highest BCUT2D eigenvalue weighted by Gasteiger charge is 2.08. The van der Waals surface area contributed by atoms with E-state index in [2.05, 4.69) is 34.6 Å². The highest BCUT2D eigenvalue weighted by atomic mass is 16.5. The average Bonchev–Trinajstić information content (AvgIpc) is 2.07. The van der Waals surface area contributed by atoms with Crippen LogP contribution in [0.3, 0.4) is 0 Å². The van der Waals surface area contributed by atoms with E-state index in [0.29, 0.717) is 5.41 Å². The van der Waals surface area contributed by atoms with Gasteiger partial charge in [0, 0.05) is 13.2 Å². The Balaban J connectivity index is 3.06. The molecule has 0 N–H and O–H groups in total. The van der Waals surface area contributed by atoms with Crippen molar-refractivity contribution in [3.8, 4) is 0 Å². The Bertz CT molecular complexity index is 133. The molecule has 0 aromatic heterocycles. The van der Waals surface area contributed by atoms with Crippen LogP contribution in [0.4, 0.5) is 0 Å². The summed E-state index contributed by atoms with van der Waals surface area (Å²) < 4.78 is 5.60. The van der Waals surface area contributed by atoms with Gasteiger partial charge in [-0.15, -0.1) is 0 Å². The van der Waals surface area contributed by atoms with Crippen molar-refractivity contribution in [2.75, 3.05) is 13.2 Å². The Morgan fingerprint density at radius 1 is 0.933 bits per heavy atom. The molecule has 0 spiro atoms. The van der Waals surface area contributed by atoms with Crippen molar-refractivity contribution in [1.29, 1.82) is 0 Å². The van der Waals surface area contributed by atoms with E-state index in [-0.39, 0.29) is 0 Å². The molecule has 0 aliphatic rings. The molecule has 0 radical (unpaired) electrons. The van der Waals surface area contributed by atoms with Gasteiger partial charge in [-0.25, -0.2) is 0 Å². The van der Waals surface area contributed by atoms with Crippen LogP contribution < -0.4 is 0 Å². The maximum Gasteiger partial charge on any atom is 0.0466 e. The van der Waals surface area contributed by atoms with Gasteiger partial charge in [0.2, 0.25) is 0 Å². The second-order valence-electron chi connectivity index (χ2n) is 6.17. The maximum atomic E-state index is 5.60. The minimum Gasteiger partial charge on any atom is -0.381 e. The molecule has 92 valence electrons. The lowest BCUT2D eigenvalue weighted by molar-refractivity contribution is 0.121. The highest BCUT2D eigenvalue weighted by Crippen LogP contribution is 2.21. The van der Waals surface area contributed by atoms with E-state index < -0.39 is 0 Å². The second kappa shape index (κ2) is 8.15. The highest BCUT2D eigenvalue weighted by molar-refractivity contribution is 4.60. The summed E-state index contributed by atoms with van der Waals surface area (Å²) in [5.74, 6) is 0.814. The largest absolute Gasteiger partial charge is 0.381 e. The first-order valence-corrected chi connectivity index (χ1v) is 6.49. The van der Waals surface area contributed by atoms with Gasteiger partial charge in [-0.05, 0) is 37.0 Å². The summed E-state index contributed by atoms with van der Waals surface area (Å²) in [7, 11) is 0. The van der Waals surface area contributed by atoms with Gasteiger partial charge in [0.1, 0.15) is 0 Å². The minimum absolute atomic E-state index is 0.484. The first-order valence-electron chi connectivity index (χ1n) is 6.49. The Morgan fingerprint density at radius 2 is 1.53 bits per heavy atom. The Hall–Kier alpha value is -0.0400. The fourth-order valence-corrected chi connectivity index (χ4v) is 1.56. The van der Waals surface area contributed by atoms with Gasteiger partial charge in [-0.1, -0.05) is 41.0 Å². The van der Waals surface area contributed by atoms with E-state index in [9.17, 15) is 0 Å². The lowest BCUT2D eigenvalue weighted by Crippen LogP contribution is -2.05. The Kier molecular flexibility index (Phi) is 8.13. The third-order valence-corrected chi connectivity index (χ3v) is 2.54. The number of ether oxygens (including phenoxy) is 1. The zero-order chi connectivity index (χ0) is 11.7. The first-order chi connectivity index (χ1) is 6.92. The zero-order valence-corrected chi connectivity index (χ0v) is 11.4. The van der Waals surface area contributed by atoms with Gasteiger partial charge in [-0.2, -0.15) is 0 Å². The molecule has 0 saturated heterocycles. The molecule has 0 saturated carbocycles. The molecule has 0 heterocycles. The molecule has 0 bridgehead atoms. The van der Waals surface area contributed by atoms with Gasteiger partial charge in [0.05, 0.1) is 0 Å². The fourth-order valence-electron chi connectivity index (χ4n) is 1.56. The van der Waals surface area contributed by atoms with Crippen molar-refractivity contribution >= 4 is 0 Å². The predicted octanol–water partition coefficient (Wildman–Crippen LogP) is 4.66. The number of rotatable bonds is 8. The SMILES string of the molecule is CC(C)CCCOCCCCC(C)(C)C. The van der Waals surface area contributed by atoms with Crippen LogP contribution in [0.2, 0.25) is 0 Å². The third kappa shape index (κ3) is 14.0. The van der Waals surface area contributed by atoms with Crippen LogP contribution in [-0.4, -0.2) is 13.2 Å². The second-order valence-corrected chi connectivity index (χ2v) is 6.17. The molecule has 0 aliphatic heterocycles. The normalized spacial score (nSPS) is 12.4. The molecule has 0 amide bonds. The maximum absolute atomic E-state index is 5.60. The fraction of sp³-hybridized carbons (Fsp3) is 1.00. The molecule has 0 unspecified atom stereocenters. The van der Waals surface area contributed by atoms with Crippen LogP contribution in [0, 0.1) is 11.3 Å². The summed E-state index contributed by atoms with van der Waals surface area (Å²) in [6.07, 6.45) is 6.34. The van der Waals surface area contributed by atoms with Gasteiger partial charge in [0.25, 0.3) is 0 Å². The monoisotopic (exact) mass is 214 g/mol. The first kappa shape index (κ1) is 15.0. The predicted molar refractivity (Wildman–Crippen MR) is 68.2 cm³/mol. The van der Waals surface area contributed by atoms with Crippen LogP contribution >= 0.6 is 0 Å². The van der Waals surface area contributed by atoms with Crippen LogP contribution in [0.15, 0.2) is 0 Å². The van der Waals surface area contributed by atoms with Crippen molar-refractivity contribution in [1.82, 2.24) is 0 Å². The molecule has 1 nitrogen and oxygen atoms in total. The standard InChI is InChI=1S/C14H30O/c1-13(2)9-8-12-15-11-7-6-10-14(3,4)5/h13H,6-12H2,1-5H3. The molecule has 1 heteroatoms. The molecule has 0 atom stereocenters. The van der Waals surface area contributed by atoms with Crippen molar-refractivity contribution < 1.29 is 4.74 Å². The Morgan fingerprint density at radius 3 is 2.07 bits per heavy atom. The van der Waals surface area contributed by atoms with E-state index in [1.165, 1.54) is 32.1 Å². The summed E-state index contributed by atoms with van der Waals surface area (Å²) in [4.78, 5) is 0. The molecule has 0 aromatic carbocycles. The van der Waals surface area contributed by atoms with Crippen LogP contribution in [-0.2, 0) is 4.74 Å². The summed E-state index contributed by atoms with van der Waals surface area (Å²) in [5.41, 5.74) is 0.484. The zero-order valence-electron chi connectivity index (χ0n) is 11.4. The lowest BCUT2D eigenvalue weighted by atomic mass is 9.90. The third-order valence-electron chi connectivity index (χ3n) is 2.54. The van der Waals surface area contributed by atoms with Crippen LogP contribution in [0.5, 0.6) is 0 Å². The summed E-state index contributed by atoms with van der Waals surface area (Å²) in [6.45, 7) is 13.3. The van der Waals surface area contributed by atoms with E-state index in [1.54, 1.807) is 0 Å². The minimum atomic E-state index is 0.484. The van der Waals surface area contributed by atoms with Crippen LogP contribution in [0.1, 0.15) is 66.7 Å². The van der Waals surface area contributed by atoms with Gasteiger partial charge < -0.3 is 4.74 Å². The molecule has 0 aliphatic carbocycles. The van der Waals surface area contributed by atoms with Crippen molar-refractivity contribution in [2.24, 2.45) is 11.3 Å². The van der Waals surface area contributed by atoms with Crippen molar-refractivity contribution in [2.45, 2.75) is 66.7 Å². The smallest absolute Gasteiger partial charge is 0.0466 e. The molecular formula is C14H30O. The molecule has 0 aromatic rings. The van der Waals surface area contributed by atoms with Gasteiger partial charge in [0.15, 0.2) is 0 Å². The molecule has 15 heavy (non-hydrogen) atoms. The molecule has 0 rings (SSSR count). The van der Waals surface area contributed by atoms with E-state index in [4.69, 9.17) is 4.74 Å². The topological polar surface area (TPSA) is 9.23 Å². The van der Waals surface area contributed by atoms with Gasteiger partial charge in [-0.3, -0.25) is 0 Å². The van der Waals surface area contributed by atoms with E-state index in [1.807, 2.05) is 0 Å². The Labute approximate surface area is 96.6 Å². The van der Waals surface area contributed by atoms with Crippen molar-refractivity contribution in [3.63, 3.8) is 0 Å². The van der Waals surface area contributed by atoms with Gasteiger partial charge >= 0.3 is 0 Å². The number of hydrogen-bond donors (Lipinski definition) is 0. The molecule has 0 fully saturated rings. The average molecular weight is 214 g/mol. The van der Waals surface area contributed by atoms with Crippen LogP contribution in [0.25, 0.3) is 0 Å².